The molecular weight excluding hydrogens is 333 g/mol. The first-order valence-electron chi connectivity index (χ1n) is 6.14. The van der Waals surface area contributed by atoms with Crippen LogP contribution in [0, 0.1) is 0 Å². The van der Waals surface area contributed by atoms with E-state index in [9.17, 15) is 0 Å². The van der Waals surface area contributed by atoms with Gasteiger partial charge in [-0.3, -0.25) is 0 Å². The number of anilines is 1. The van der Waals surface area contributed by atoms with Crippen LogP contribution in [0.3, 0.4) is 0 Å². The molecule has 0 radical (unpaired) electrons. The zero-order chi connectivity index (χ0) is 15.4. The van der Waals surface area contributed by atoms with E-state index in [0.29, 0.717) is 33.1 Å². The van der Waals surface area contributed by atoms with Crippen LogP contribution in [0.15, 0.2) is 30.3 Å². The average molecular weight is 347 g/mol. The van der Waals surface area contributed by atoms with Crippen LogP contribution >= 0.6 is 34.8 Å². The fraction of sp³-hybridized carbons (Fsp3) is 0.200. The molecule has 0 aliphatic heterocycles. The molecule has 112 valence electrons. The molecule has 0 saturated heterocycles. The molecule has 0 bridgehead atoms. The Labute approximate surface area is 138 Å². The summed E-state index contributed by atoms with van der Waals surface area (Å²) in [6.45, 7) is 0.439. The zero-order valence-electron chi connectivity index (χ0n) is 11.5. The summed E-state index contributed by atoms with van der Waals surface area (Å²) in [7, 11) is 3.20. The molecule has 0 amide bonds. The van der Waals surface area contributed by atoms with Crippen molar-refractivity contribution in [2.75, 3.05) is 19.5 Å². The summed E-state index contributed by atoms with van der Waals surface area (Å²) in [6.07, 6.45) is 0. The van der Waals surface area contributed by atoms with Gasteiger partial charge in [0, 0.05) is 41.0 Å². The topological polar surface area (TPSA) is 30.5 Å². The van der Waals surface area contributed by atoms with Crippen LogP contribution in [0.25, 0.3) is 0 Å². The highest BCUT2D eigenvalue weighted by Crippen LogP contribution is 2.32. The van der Waals surface area contributed by atoms with Gasteiger partial charge in [0.1, 0.15) is 11.5 Å². The molecule has 1 N–H and O–H groups in total. The fourth-order valence-corrected chi connectivity index (χ4v) is 2.51. The number of rotatable bonds is 5. The highest BCUT2D eigenvalue weighted by atomic mass is 35.5. The molecule has 0 fully saturated rings. The number of halogens is 3. The maximum Gasteiger partial charge on any atom is 0.124 e. The van der Waals surface area contributed by atoms with Crippen LogP contribution in [-0.4, -0.2) is 14.2 Å². The standard InChI is InChI=1S/C15H14Cl3NO2/c1-20-10-5-9(6-11(7-10)21-2)19-8-12-13(16)3-4-14(17)15(12)18/h3-7,19H,8H2,1-2H3. The van der Waals surface area contributed by atoms with Crippen molar-refractivity contribution in [3.8, 4) is 11.5 Å². The van der Waals surface area contributed by atoms with Crippen molar-refractivity contribution in [3.63, 3.8) is 0 Å². The maximum absolute atomic E-state index is 6.18. The van der Waals surface area contributed by atoms with E-state index in [1.807, 2.05) is 12.1 Å². The number of hydrogen-bond acceptors (Lipinski definition) is 3. The minimum atomic E-state index is 0.439. The Morgan fingerprint density at radius 1 is 0.905 bits per heavy atom. The molecule has 0 saturated carbocycles. The Hall–Kier alpha value is -1.29. The maximum atomic E-state index is 6.18. The van der Waals surface area contributed by atoms with Gasteiger partial charge in [0.25, 0.3) is 0 Å². The Morgan fingerprint density at radius 3 is 2.05 bits per heavy atom. The summed E-state index contributed by atoms with van der Waals surface area (Å²) in [5, 5.41) is 4.72. The molecule has 0 aliphatic rings. The van der Waals surface area contributed by atoms with Crippen molar-refractivity contribution in [3.05, 3.63) is 51.0 Å². The normalized spacial score (nSPS) is 10.3. The van der Waals surface area contributed by atoms with E-state index in [1.165, 1.54) is 0 Å². The van der Waals surface area contributed by atoms with Crippen molar-refractivity contribution in [1.82, 2.24) is 0 Å². The first kappa shape index (κ1) is 16.1. The molecule has 0 heterocycles. The number of hydrogen-bond donors (Lipinski definition) is 1. The van der Waals surface area contributed by atoms with Gasteiger partial charge in [-0.25, -0.2) is 0 Å². The molecule has 0 spiro atoms. The van der Waals surface area contributed by atoms with Crippen LogP contribution in [0.2, 0.25) is 15.1 Å². The fourth-order valence-electron chi connectivity index (χ4n) is 1.83. The third kappa shape index (κ3) is 3.88. The first-order chi connectivity index (χ1) is 10.0. The summed E-state index contributed by atoms with van der Waals surface area (Å²) in [4.78, 5) is 0. The molecule has 2 aromatic carbocycles. The van der Waals surface area contributed by atoms with Crippen molar-refractivity contribution < 1.29 is 9.47 Å². The van der Waals surface area contributed by atoms with Gasteiger partial charge >= 0.3 is 0 Å². The van der Waals surface area contributed by atoms with Crippen LogP contribution in [0.5, 0.6) is 11.5 Å². The second kappa shape index (κ2) is 7.12. The highest BCUT2D eigenvalue weighted by Gasteiger charge is 2.10. The van der Waals surface area contributed by atoms with Gasteiger partial charge in [-0.1, -0.05) is 34.8 Å². The van der Waals surface area contributed by atoms with Crippen LogP contribution in [0.4, 0.5) is 5.69 Å². The second-order valence-corrected chi connectivity index (χ2v) is 5.47. The summed E-state index contributed by atoms with van der Waals surface area (Å²) in [5.74, 6) is 1.39. The number of benzene rings is 2. The molecule has 0 atom stereocenters. The van der Waals surface area contributed by atoms with E-state index in [2.05, 4.69) is 5.32 Å². The highest BCUT2D eigenvalue weighted by molar-refractivity contribution is 6.44. The van der Waals surface area contributed by atoms with Gasteiger partial charge in [-0.15, -0.1) is 0 Å². The van der Waals surface area contributed by atoms with Crippen LogP contribution in [0.1, 0.15) is 5.56 Å². The minimum absolute atomic E-state index is 0.439. The van der Waals surface area contributed by atoms with Gasteiger partial charge in [0.15, 0.2) is 0 Å². The van der Waals surface area contributed by atoms with E-state index < -0.39 is 0 Å². The van der Waals surface area contributed by atoms with Gasteiger partial charge in [-0.2, -0.15) is 0 Å². The molecular formula is C15H14Cl3NO2. The first-order valence-corrected chi connectivity index (χ1v) is 7.28. The molecule has 0 aliphatic carbocycles. The minimum Gasteiger partial charge on any atom is -0.497 e. The van der Waals surface area contributed by atoms with E-state index in [4.69, 9.17) is 44.3 Å². The smallest absolute Gasteiger partial charge is 0.124 e. The lowest BCUT2D eigenvalue weighted by Crippen LogP contribution is -2.02. The lowest BCUT2D eigenvalue weighted by molar-refractivity contribution is 0.394. The van der Waals surface area contributed by atoms with E-state index in [0.717, 1.165) is 11.3 Å². The SMILES string of the molecule is COc1cc(NCc2c(Cl)ccc(Cl)c2Cl)cc(OC)c1. The number of methoxy groups -OCH3 is 2. The molecule has 6 heteroatoms. The van der Waals surface area contributed by atoms with Crippen molar-refractivity contribution in [2.45, 2.75) is 6.54 Å². The molecule has 0 unspecified atom stereocenters. The average Bonchev–Trinajstić information content (AvgIpc) is 2.50. The van der Waals surface area contributed by atoms with Crippen LogP contribution in [-0.2, 0) is 6.54 Å². The Bertz CT molecular complexity index is 625. The predicted octanol–water partition coefficient (Wildman–Crippen LogP) is 5.28. The van der Waals surface area contributed by atoms with Crippen molar-refractivity contribution >= 4 is 40.5 Å². The van der Waals surface area contributed by atoms with Gasteiger partial charge in [0.2, 0.25) is 0 Å². The predicted molar refractivity (Wildman–Crippen MR) is 88.3 cm³/mol. The van der Waals surface area contributed by atoms with Crippen molar-refractivity contribution in [1.29, 1.82) is 0 Å². The second-order valence-electron chi connectivity index (χ2n) is 4.28. The molecule has 2 rings (SSSR count). The molecule has 3 nitrogen and oxygen atoms in total. The Kier molecular flexibility index (Phi) is 5.45. The lowest BCUT2D eigenvalue weighted by Gasteiger charge is -2.13. The van der Waals surface area contributed by atoms with Gasteiger partial charge in [0.05, 0.1) is 24.3 Å². The Morgan fingerprint density at radius 2 is 1.48 bits per heavy atom. The molecule has 21 heavy (non-hydrogen) atoms. The molecule has 0 aromatic heterocycles. The number of ether oxygens (including phenoxy) is 2. The summed E-state index contributed by atoms with van der Waals surface area (Å²) >= 11 is 18.3. The summed E-state index contributed by atoms with van der Waals surface area (Å²) < 4.78 is 10.4. The molecule has 2 aromatic rings. The summed E-state index contributed by atoms with van der Waals surface area (Å²) in [6, 6.07) is 8.90. The van der Waals surface area contributed by atoms with Crippen molar-refractivity contribution in [2.24, 2.45) is 0 Å². The monoisotopic (exact) mass is 345 g/mol. The largest absolute Gasteiger partial charge is 0.497 e. The third-order valence-corrected chi connectivity index (χ3v) is 4.16. The van der Waals surface area contributed by atoms with Crippen LogP contribution < -0.4 is 14.8 Å². The lowest BCUT2D eigenvalue weighted by atomic mass is 10.2. The number of nitrogens with one attached hydrogen (secondary N) is 1. The third-order valence-electron chi connectivity index (χ3n) is 2.96. The quantitative estimate of drug-likeness (QED) is 0.747. The van der Waals surface area contributed by atoms with E-state index in [1.54, 1.807) is 32.4 Å². The van der Waals surface area contributed by atoms with Gasteiger partial charge in [-0.05, 0) is 12.1 Å². The van der Waals surface area contributed by atoms with E-state index in [-0.39, 0.29) is 0 Å². The van der Waals surface area contributed by atoms with Gasteiger partial charge < -0.3 is 14.8 Å². The van der Waals surface area contributed by atoms with E-state index >= 15 is 0 Å². The zero-order valence-corrected chi connectivity index (χ0v) is 13.8. The summed E-state index contributed by atoms with van der Waals surface area (Å²) in [5.41, 5.74) is 1.57. The Balaban J connectivity index is 2.22.